The second-order valence-corrected chi connectivity index (χ2v) is 7.72. The number of hydrogen-bond acceptors (Lipinski definition) is 3. The van der Waals surface area contributed by atoms with Crippen molar-refractivity contribution in [3.05, 3.63) is 71.5 Å². The van der Waals surface area contributed by atoms with Crippen LogP contribution in [0.15, 0.2) is 59.0 Å². The third kappa shape index (κ3) is 3.65. The van der Waals surface area contributed by atoms with Crippen LogP contribution in [0.1, 0.15) is 40.9 Å². The molecule has 3 aromatic rings. The minimum Gasteiger partial charge on any atom is -0.451 e. The van der Waals surface area contributed by atoms with E-state index in [1.165, 1.54) is 12.0 Å². The van der Waals surface area contributed by atoms with E-state index in [0.29, 0.717) is 5.76 Å². The Morgan fingerprint density at radius 3 is 2.46 bits per heavy atom. The highest BCUT2D eigenvalue weighted by atomic mass is 32.2. The summed E-state index contributed by atoms with van der Waals surface area (Å²) >= 11 is 1.83. The Hall–Kier alpha value is -2.20. The van der Waals surface area contributed by atoms with E-state index in [1.54, 1.807) is 0 Å². The van der Waals surface area contributed by atoms with Crippen molar-refractivity contribution in [1.29, 1.82) is 0 Å². The van der Waals surface area contributed by atoms with Gasteiger partial charge in [-0.1, -0.05) is 48.5 Å². The molecule has 4 rings (SSSR count). The second-order valence-electron chi connectivity index (χ2n) is 6.74. The lowest BCUT2D eigenvalue weighted by atomic mass is 10.1. The normalized spacial score (nSPS) is 14.7. The summed E-state index contributed by atoms with van der Waals surface area (Å²) in [4.78, 5) is 15.0. The summed E-state index contributed by atoms with van der Waals surface area (Å²) in [6.07, 6.45) is 3.39. The number of carbonyl (C=O) groups excluding carboxylic acids is 1. The average molecular weight is 365 g/mol. The van der Waals surface area contributed by atoms with Crippen LogP contribution in [0.5, 0.6) is 0 Å². The molecule has 1 amide bonds. The van der Waals surface area contributed by atoms with Crippen LogP contribution >= 0.6 is 11.8 Å². The number of fused-ring (bicyclic) bond motifs is 1. The summed E-state index contributed by atoms with van der Waals surface area (Å²) in [5, 5.41) is 1.06. The van der Waals surface area contributed by atoms with E-state index >= 15 is 0 Å². The molecule has 0 atom stereocenters. The van der Waals surface area contributed by atoms with Crippen LogP contribution in [0, 0.1) is 0 Å². The predicted molar refractivity (Wildman–Crippen MR) is 107 cm³/mol. The molecule has 0 aliphatic carbocycles. The summed E-state index contributed by atoms with van der Waals surface area (Å²) in [7, 11) is 0. The van der Waals surface area contributed by atoms with Gasteiger partial charge in [0.05, 0.1) is 0 Å². The number of thioether (sulfide) groups is 1. The largest absolute Gasteiger partial charge is 0.451 e. The van der Waals surface area contributed by atoms with E-state index in [0.717, 1.165) is 54.0 Å². The predicted octanol–water partition coefficient (Wildman–Crippen LogP) is 5.49. The number of benzene rings is 2. The fourth-order valence-electron chi connectivity index (χ4n) is 3.50. The van der Waals surface area contributed by atoms with E-state index in [4.69, 9.17) is 4.42 Å². The van der Waals surface area contributed by atoms with Crippen LogP contribution in [-0.2, 0) is 11.5 Å². The molecule has 0 N–H and O–H groups in total. The van der Waals surface area contributed by atoms with E-state index in [2.05, 4.69) is 30.3 Å². The molecule has 0 spiro atoms. The first-order valence-electron chi connectivity index (χ1n) is 9.24. The van der Waals surface area contributed by atoms with E-state index in [9.17, 15) is 4.79 Å². The number of amides is 1. The molecular formula is C22H23NO2S. The van der Waals surface area contributed by atoms with E-state index in [-0.39, 0.29) is 5.91 Å². The topological polar surface area (TPSA) is 33.5 Å². The van der Waals surface area contributed by atoms with E-state index in [1.807, 2.05) is 40.9 Å². The van der Waals surface area contributed by atoms with Gasteiger partial charge < -0.3 is 9.32 Å². The van der Waals surface area contributed by atoms with Crippen molar-refractivity contribution in [2.45, 2.75) is 30.8 Å². The van der Waals surface area contributed by atoms with Gasteiger partial charge in [-0.15, -0.1) is 0 Å². The maximum Gasteiger partial charge on any atom is 0.289 e. The first kappa shape index (κ1) is 17.2. The van der Waals surface area contributed by atoms with Crippen molar-refractivity contribution in [3.63, 3.8) is 0 Å². The number of nitrogens with zero attached hydrogens (tertiary/aromatic N) is 1. The molecule has 1 aromatic heterocycles. The maximum atomic E-state index is 13.0. The Labute approximate surface area is 158 Å². The zero-order chi connectivity index (χ0) is 17.8. The molecule has 0 bridgehead atoms. The number of furan rings is 1. The fraction of sp³-hybridized carbons (Fsp3) is 0.318. The zero-order valence-corrected chi connectivity index (χ0v) is 15.6. The number of para-hydroxylation sites is 1. The fourth-order valence-corrected chi connectivity index (χ4v) is 4.52. The van der Waals surface area contributed by atoms with E-state index < -0.39 is 0 Å². The molecule has 1 saturated heterocycles. The Kier molecular flexibility index (Phi) is 5.30. The number of rotatable bonds is 5. The minimum atomic E-state index is 0.0520. The first-order valence-corrected chi connectivity index (χ1v) is 10.4. The lowest BCUT2D eigenvalue weighted by Gasteiger charge is -2.26. The number of likely N-dealkylation sites (tertiary alicyclic amines) is 1. The molecule has 1 aliphatic rings. The second kappa shape index (κ2) is 8.00. The van der Waals surface area contributed by atoms with Crippen LogP contribution in [0.3, 0.4) is 0 Å². The van der Waals surface area contributed by atoms with Crippen molar-refractivity contribution >= 4 is 28.6 Å². The monoisotopic (exact) mass is 365 g/mol. The van der Waals surface area contributed by atoms with Gasteiger partial charge in [0, 0.05) is 35.5 Å². The van der Waals surface area contributed by atoms with Crippen LogP contribution in [0.2, 0.25) is 0 Å². The molecule has 0 saturated carbocycles. The number of carbonyl (C=O) groups is 1. The molecular weight excluding hydrogens is 342 g/mol. The van der Waals surface area contributed by atoms with Crippen molar-refractivity contribution in [3.8, 4) is 0 Å². The highest BCUT2D eigenvalue weighted by Crippen LogP contribution is 2.31. The third-order valence-electron chi connectivity index (χ3n) is 4.89. The Bertz CT molecular complexity index is 882. The average Bonchev–Trinajstić information content (AvgIpc) is 3.08. The molecule has 134 valence electrons. The molecule has 0 radical (unpaired) electrons. The van der Waals surface area contributed by atoms with Crippen molar-refractivity contribution < 1.29 is 9.21 Å². The van der Waals surface area contributed by atoms with Gasteiger partial charge >= 0.3 is 0 Å². The first-order chi connectivity index (χ1) is 12.8. The van der Waals surface area contributed by atoms with Crippen molar-refractivity contribution in [2.24, 2.45) is 0 Å². The number of hydrogen-bond donors (Lipinski definition) is 0. The highest BCUT2D eigenvalue weighted by molar-refractivity contribution is 7.97. The molecule has 26 heavy (non-hydrogen) atoms. The molecule has 3 nitrogen and oxygen atoms in total. The lowest BCUT2D eigenvalue weighted by Crippen LogP contribution is -2.35. The summed E-state index contributed by atoms with van der Waals surface area (Å²) in [5.41, 5.74) is 3.15. The lowest BCUT2D eigenvalue weighted by molar-refractivity contribution is 0.0693. The summed E-state index contributed by atoms with van der Waals surface area (Å²) in [6, 6.07) is 18.4. The zero-order valence-electron chi connectivity index (χ0n) is 14.8. The van der Waals surface area contributed by atoms with Gasteiger partial charge in [-0.05, 0) is 30.9 Å². The van der Waals surface area contributed by atoms with Crippen LogP contribution in [-0.4, -0.2) is 23.9 Å². The molecule has 0 unspecified atom stereocenters. The maximum absolute atomic E-state index is 13.0. The number of piperidine rings is 1. The Morgan fingerprint density at radius 1 is 0.923 bits per heavy atom. The smallest absolute Gasteiger partial charge is 0.289 e. The van der Waals surface area contributed by atoms with Crippen LogP contribution in [0.4, 0.5) is 0 Å². The minimum absolute atomic E-state index is 0.0520. The summed E-state index contributed by atoms with van der Waals surface area (Å²) in [5.74, 6) is 2.29. The third-order valence-corrected chi connectivity index (χ3v) is 5.92. The molecule has 1 fully saturated rings. The quantitative estimate of drug-likeness (QED) is 0.599. The molecule has 2 aromatic carbocycles. The van der Waals surface area contributed by atoms with Crippen LogP contribution < -0.4 is 0 Å². The van der Waals surface area contributed by atoms with Crippen molar-refractivity contribution in [1.82, 2.24) is 4.90 Å². The van der Waals surface area contributed by atoms with Crippen molar-refractivity contribution in [2.75, 3.05) is 13.1 Å². The van der Waals surface area contributed by atoms with Gasteiger partial charge in [-0.2, -0.15) is 11.8 Å². The SMILES string of the molecule is O=C(c1oc2ccccc2c1CSCc1ccccc1)N1CCCCC1. The standard InChI is InChI=1S/C22H23NO2S/c24-22(23-13-7-2-8-14-23)21-19(18-11-5-6-12-20(18)25-21)16-26-15-17-9-3-1-4-10-17/h1,3-6,9-12H,2,7-8,13-16H2. The van der Waals surface area contributed by atoms with Gasteiger partial charge in [0.2, 0.25) is 0 Å². The van der Waals surface area contributed by atoms with Gasteiger partial charge in [0.25, 0.3) is 5.91 Å². The summed E-state index contributed by atoms with van der Waals surface area (Å²) in [6.45, 7) is 1.68. The Balaban J connectivity index is 1.58. The van der Waals surface area contributed by atoms with Crippen LogP contribution in [0.25, 0.3) is 11.0 Å². The summed E-state index contributed by atoms with van der Waals surface area (Å²) < 4.78 is 6.01. The Morgan fingerprint density at radius 2 is 1.65 bits per heavy atom. The van der Waals surface area contributed by atoms with Gasteiger partial charge in [-0.3, -0.25) is 4.79 Å². The molecule has 4 heteroatoms. The molecule has 2 heterocycles. The highest BCUT2D eigenvalue weighted by Gasteiger charge is 2.26. The van der Waals surface area contributed by atoms with Gasteiger partial charge in [0.15, 0.2) is 5.76 Å². The van der Waals surface area contributed by atoms with Gasteiger partial charge in [0.1, 0.15) is 5.58 Å². The van der Waals surface area contributed by atoms with Gasteiger partial charge in [-0.25, -0.2) is 0 Å². The molecule has 1 aliphatic heterocycles.